The maximum absolute atomic E-state index is 12.0. The van der Waals surface area contributed by atoms with Crippen LogP contribution in [0.4, 0.5) is 0 Å². The average Bonchev–Trinajstić information content (AvgIpc) is 2.87. The Balaban J connectivity index is 1.92. The number of nitrogens with zero attached hydrogens (tertiary/aromatic N) is 4. The third-order valence-corrected chi connectivity index (χ3v) is 5.16. The SMILES string of the molecule is COc1nc(Cl)nc2cnn(CC(=O)NCOCC[Si](C)(C)C)c12. The first-order chi connectivity index (χ1) is 11.3. The first kappa shape index (κ1) is 18.6. The summed E-state index contributed by atoms with van der Waals surface area (Å²) in [5, 5.41) is 6.92. The zero-order valence-electron chi connectivity index (χ0n) is 14.3. The molecule has 0 bridgehead atoms. The minimum atomic E-state index is -1.12. The molecule has 0 unspecified atom stereocenters. The van der Waals surface area contributed by atoms with Gasteiger partial charge in [0.1, 0.15) is 24.3 Å². The van der Waals surface area contributed by atoms with Gasteiger partial charge in [0, 0.05) is 14.7 Å². The van der Waals surface area contributed by atoms with E-state index in [0.29, 0.717) is 17.6 Å². The molecule has 2 rings (SSSR count). The second-order valence-corrected chi connectivity index (χ2v) is 12.5. The van der Waals surface area contributed by atoms with Gasteiger partial charge in [-0.25, -0.2) is 9.67 Å². The van der Waals surface area contributed by atoms with Crippen LogP contribution in [0.25, 0.3) is 11.0 Å². The lowest BCUT2D eigenvalue weighted by atomic mass is 10.4. The number of ether oxygens (including phenoxy) is 2. The van der Waals surface area contributed by atoms with Gasteiger partial charge >= 0.3 is 0 Å². The van der Waals surface area contributed by atoms with Gasteiger partial charge in [0.15, 0.2) is 0 Å². The van der Waals surface area contributed by atoms with Crippen LogP contribution in [0, 0.1) is 0 Å². The Morgan fingerprint density at radius 2 is 2.12 bits per heavy atom. The predicted molar refractivity (Wildman–Crippen MR) is 94.0 cm³/mol. The lowest BCUT2D eigenvalue weighted by Crippen LogP contribution is -2.31. The van der Waals surface area contributed by atoms with Crippen LogP contribution < -0.4 is 10.1 Å². The van der Waals surface area contributed by atoms with Crippen molar-refractivity contribution in [2.75, 3.05) is 20.4 Å². The maximum Gasteiger partial charge on any atom is 0.244 e. The fourth-order valence-corrected chi connectivity index (χ4v) is 2.90. The number of hydrogen-bond donors (Lipinski definition) is 1. The van der Waals surface area contributed by atoms with Crippen LogP contribution in [0.2, 0.25) is 31.0 Å². The molecule has 8 nitrogen and oxygen atoms in total. The molecular formula is C14H22ClN5O3Si. The van der Waals surface area contributed by atoms with Gasteiger partial charge in [-0.1, -0.05) is 19.6 Å². The Morgan fingerprint density at radius 3 is 2.79 bits per heavy atom. The number of carbonyl (C=O) groups is 1. The van der Waals surface area contributed by atoms with Crippen LogP contribution in [0.15, 0.2) is 6.20 Å². The highest BCUT2D eigenvalue weighted by Crippen LogP contribution is 2.23. The van der Waals surface area contributed by atoms with E-state index in [0.717, 1.165) is 6.04 Å². The fraction of sp³-hybridized carbons (Fsp3) is 0.571. The Morgan fingerprint density at radius 1 is 1.38 bits per heavy atom. The number of fused-ring (bicyclic) bond motifs is 1. The lowest BCUT2D eigenvalue weighted by molar-refractivity contribution is -0.123. The van der Waals surface area contributed by atoms with E-state index < -0.39 is 8.07 Å². The van der Waals surface area contributed by atoms with E-state index in [1.807, 2.05) is 0 Å². The van der Waals surface area contributed by atoms with Gasteiger partial charge in [-0.15, -0.1) is 0 Å². The second kappa shape index (κ2) is 7.91. The van der Waals surface area contributed by atoms with Gasteiger partial charge in [-0.2, -0.15) is 10.1 Å². The number of amides is 1. The van der Waals surface area contributed by atoms with Crippen LogP contribution in [0.1, 0.15) is 0 Å². The van der Waals surface area contributed by atoms with Gasteiger partial charge in [-0.3, -0.25) is 4.79 Å². The van der Waals surface area contributed by atoms with Gasteiger partial charge in [0.05, 0.1) is 13.3 Å². The molecular weight excluding hydrogens is 350 g/mol. The minimum absolute atomic E-state index is 0.0161. The summed E-state index contributed by atoms with van der Waals surface area (Å²) in [5.74, 6) is 0.0618. The zero-order chi connectivity index (χ0) is 17.7. The molecule has 0 radical (unpaired) electrons. The van der Waals surface area contributed by atoms with Crippen molar-refractivity contribution in [3.63, 3.8) is 0 Å². The molecule has 132 valence electrons. The number of rotatable bonds is 8. The molecule has 2 aromatic heterocycles. The van der Waals surface area contributed by atoms with E-state index in [-0.39, 0.29) is 30.3 Å². The van der Waals surface area contributed by atoms with Gasteiger partial charge in [0.2, 0.25) is 17.1 Å². The molecule has 0 fully saturated rings. The fourth-order valence-electron chi connectivity index (χ4n) is 1.97. The quantitative estimate of drug-likeness (QED) is 0.330. The van der Waals surface area contributed by atoms with Crippen molar-refractivity contribution < 1.29 is 14.3 Å². The third kappa shape index (κ3) is 5.15. The Kier molecular flexibility index (Phi) is 6.14. The number of carbonyl (C=O) groups excluding carboxylic acids is 1. The highest BCUT2D eigenvalue weighted by Gasteiger charge is 2.16. The van der Waals surface area contributed by atoms with Crippen molar-refractivity contribution >= 4 is 36.6 Å². The van der Waals surface area contributed by atoms with Crippen molar-refractivity contribution in [1.82, 2.24) is 25.1 Å². The molecule has 0 aliphatic heterocycles. The lowest BCUT2D eigenvalue weighted by Gasteiger charge is -2.15. The topological polar surface area (TPSA) is 91.2 Å². The molecule has 0 aliphatic carbocycles. The highest BCUT2D eigenvalue weighted by molar-refractivity contribution is 6.76. The molecule has 0 atom stereocenters. The molecule has 1 N–H and O–H groups in total. The molecule has 24 heavy (non-hydrogen) atoms. The van der Waals surface area contributed by atoms with E-state index in [1.165, 1.54) is 18.0 Å². The van der Waals surface area contributed by atoms with Gasteiger partial charge in [-0.05, 0) is 17.6 Å². The van der Waals surface area contributed by atoms with Crippen molar-refractivity contribution in [2.45, 2.75) is 32.2 Å². The van der Waals surface area contributed by atoms with E-state index in [4.69, 9.17) is 21.1 Å². The summed E-state index contributed by atoms with van der Waals surface area (Å²) in [5.41, 5.74) is 1.04. The number of halogens is 1. The minimum Gasteiger partial charge on any atom is -0.479 e. The van der Waals surface area contributed by atoms with Gasteiger partial charge in [0.25, 0.3) is 0 Å². The van der Waals surface area contributed by atoms with Crippen molar-refractivity contribution in [1.29, 1.82) is 0 Å². The third-order valence-electron chi connectivity index (χ3n) is 3.28. The van der Waals surface area contributed by atoms with E-state index in [1.54, 1.807) is 0 Å². The van der Waals surface area contributed by atoms with Crippen LogP contribution in [-0.2, 0) is 16.1 Å². The second-order valence-electron chi connectivity index (χ2n) is 6.50. The molecule has 0 aromatic carbocycles. The predicted octanol–water partition coefficient (Wildman–Crippen LogP) is 1.92. The maximum atomic E-state index is 12.0. The van der Waals surface area contributed by atoms with Crippen molar-refractivity contribution in [3.8, 4) is 5.88 Å². The van der Waals surface area contributed by atoms with E-state index >= 15 is 0 Å². The molecule has 10 heteroatoms. The molecule has 0 saturated carbocycles. The summed E-state index contributed by atoms with van der Waals surface area (Å²) in [6.45, 7) is 7.68. The first-order valence-electron chi connectivity index (χ1n) is 7.57. The summed E-state index contributed by atoms with van der Waals surface area (Å²) in [6, 6.07) is 1.06. The highest BCUT2D eigenvalue weighted by atomic mass is 35.5. The summed E-state index contributed by atoms with van der Waals surface area (Å²) in [7, 11) is 0.352. The van der Waals surface area contributed by atoms with Crippen molar-refractivity contribution in [2.24, 2.45) is 0 Å². The van der Waals surface area contributed by atoms with Gasteiger partial charge < -0.3 is 14.8 Å². The Hall–Kier alpha value is -1.71. The number of nitrogens with one attached hydrogen (secondary N) is 1. The molecule has 0 spiro atoms. The zero-order valence-corrected chi connectivity index (χ0v) is 16.1. The Labute approximate surface area is 146 Å². The number of hydrogen-bond acceptors (Lipinski definition) is 6. The molecule has 2 aromatic rings. The molecule has 2 heterocycles. The normalized spacial score (nSPS) is 11.7. The number of aromatic nitrogens is 4. The van der Waals surface area contributed by atoms with Crippen molar-refractivity contribution in [3.05, 3.63) is 11.5 Å². The van der Waals surface area contributed by atoms with Crippen LogP contribution in [-0.4, -0.2) is 54.2 Å². The first-order valence-corrected chi connectivity index (χ1v) is 11.7. The van der Waals surface area contributed by atoms with Crippen LogP contribution in [0.5, 0.6) is 5.88 Å². The van der Waals surface area contributed by atoms with Crippen LogP contribution >= 0.6 is 11.6 Å². The number of methoxy groups -OCH3 is 1. The summed E-state index contributed by atoms with van der Waals surface area (Å²) in [6.07, 6.45) is 1.52. The summed E-state index contributed by atoms with van der Waals surface area (Å²) < 4.78 is 12.1. The standard InChI is InChI=1S/C14H22ClN5O3Si/c1-22-13-12-10(18-14(15)19-13)7-17-20(12)8-11(21)16-9-23-5-6-24(2,3)4/h7H,5-6,8-9H2,1-4H3,(H,16,21). The largest absolute Gasteiger partial charge is 0.479 e. The molecule has 0 aliphatic rings. The smallest absolute Gasteiger partial charge is 0.244 e. The monoisotopic (exact) mass is 371 g/mol. The van der Waals surface area contributed by atoms with Crippen LogP contribution in [0.3, 0.4) is 0 Å². The summed E-state index contributed by atoms with van der Waals surface area (Å²) >= 11 is 5.82. The Bertz CT molecular complexity index is 716. The molecule has 1 amide bonds. The molecule has 0 saturated heterocycles. The van der Waals surface area contributed by atoms with E-state index in [2.05, 4.69) is 40.0 Å². The summed E-state index contributed by atoms with van der Waals surface area (Å²) in [4.78, 5) is 20.1. The van der Waals surface area contributed by atoms with E-state index in [9.17, 15) is 4.79 Å². The average molecular weight is 372 g/mol.